The van der Waals surface area contributed by atoms with Crippen molar-refractivity contribution in [3.63, 3.8) is 0 Å². The molecule has 0 bridgehead atoms. The first-order chi connectivity index (χ1) is 9.91. The number of hydrogen-bond donors (Lipinski definition) is 2. The van der Waals surface area contributed by atoms with Crippen molar-refractivity contribution < 1.29 is 0 Å². The number of benzene rings is 1. The van der Waals surface area contributed by atoms with Gasteiger partial charge in [-0.05, 0) is 12.1 Å². The van der Waals surface area contributed by atoms with Crippen LogP contribution >= 0.6 is 11.3 Å². The van der Waals surface area contributed by atoms with Crippen LogP contribution < -0.4 is 10.9 Å². The van der Waals surface area contributed by atoms with Crippen molar-refractivity contribution >= 4 is 32.6 Å². The number of para-hydroxylation sites is 1. The first-order valence-electron chi connectivity index (χ1n) is 6.66. The number of H-pyrrole nitrogens is 1. The lowest BCUT2D eigenvalue weighted by molar-refractivity contribution is 0.567. The number of nitrogens with zero attached hydrogens (tertiary/aromatic N) is 2. The summed E-state index contributed by atoms with van der Waals surface area (Å²) in [5.41, 5.74) is 1.32. The molecule has 0 saturated heterocycles. The maximum absolute atomic E-state index is 11.8. The summed E-state index contributed by atoms with van der Waals surface area (Å²) in [7, 11) is 0. The molecule has 0 atom stereocenters. The molecule has 1 aromatic carbocycles. The molecule has 2 N–H and O–H groups in total. The number of aromatic nitrogens is 3. The second kappa shape index (κ2) is 4.96. The molecule has 0 amide bonds. The van der Waals surface area contributed by atoms with Crippen LogP contribution in [0.25, 0.3) is 10.2 Å². The molecule has 0 unspecified atom stereocenters. The molecule has 0 aliphatic heterocycles. The fourth-order valence-electron chi connectivity index (χ4n) is 1.93. The first-order valence-corrected chi connectivity index (χ1v) is 7.48. The van der Waals surface area contributed by atoms with Crippen molar-refractivity contribution in [3.8, 4) is 0 Å². The zero-order valence-electron chi connectivity index (χ0n) is 12.1. The number of thiazole rings is 1. The largest absolute Gasteiger partial charge is 0.302 e. The Bertz CT molecular complexity index is 811. The van der Waals surface area contributed by atoms with Gasteiger partial charge in [-0.1, -0.05) is 44.2 Å². The monoisotopic (exact) mass is 300 g/mol. The second-order valence-corrected chi connectivity index (χ2v) is 6.87. The Hall–Kier alpha value is -2.21. The highest BCUT2D eigenvalue weighted by atomic mass is 32.1. The fraction of sp³-hybridized carbons (Fsp3) is 0.267. The molecule has 0 radical (unpaired) electrons. The van der Waals surface area contributed by atoms with E-state index in [1.165, 1.54) is 17.4 Å². The second-order valence-electron chi connectivity index (χ2n) is 5.84. The molecule has 21 heavy (non-hydrogen) atoms. The van der Waals surface area contributed by atoms with Crippen molar-refractivity contribution in [1.82, 2.24) is 15.0 Å². The van der Waals surface area contributed by atoms with Crippen LogP contribution in [0.1, 0.15) is 26.5 Å². The van der Waals surface area contributed by atoms with Crippen LogP contribution in [-0.2, 0) is 5.41 Å². The Morgan fingerprint density at radius 2 is 1.95 bits per heavy atom. The topological polar surface area (TPSA) is 70.7 Å². The summed E-state index contributed by atoms with van der Waals surface area (Å²) in [4.78, 5) is 23.4. The predicted molar refractivity (Wildman–Crippen MR) is 86.5 cm³/mol. The van der Waals surface area contributed by atoms with Crippen LogP contribution in [0, 0.1) is 0 Å². The standard InChI is InChI=1S/C15H16N4OS/c1-15(2,3)11-8-12(20)18-13(17-11)19-14-16-9-6-4-5-7-10(9)21-14/h4-8H,1-3H3,(H2,16,17,18,19,20). The van der Waals surface area contributed by atoms with E-state index >= 15 is 0 Å². The third-order valence-corrected chi connectivity index (χ3v) is 3.98. The molecule has 2 heterocycles. The molecule has 5 nitrogen and oxygen atoms in total. The summed E-state index contributed by atoms with van der Waals surface area (Å²) in [6, 6.07) is 9.43. The zero-order valence-corrected chi connectivity index (χ0v) is 12.9. The Morgan fingerprint density at radius 3 is 2.67 bits per heavy atom. The minimum Gasteiger partial charge on any atom is -0.302 e. The molecule has 0 aliphatic rings. The van der Waals surface area contributed by atoms with Gasteiger partial charge >= 0.3 is 0 Å². The first kappa shape index (κ1) is 13.8. The lowest BCUT2D eigenvalue weighted by Crippen LogP contribution is -2.20. The van der Waals surface area contributed by atoms with Crippen molar-refractivity contribution in [2.75, 3.05) is 5.32 Å². The number of rotatable bonds is 2. The zero-order chi connectivity index (χ0) is 15.0. The molecule has 6 heteroatoms. The molecule has 0 spiro atoms. The maximum atomic E-state index is 11.8. The quantitative estimate of drug-likeness (QED) is 0.760. The number of hydrogen-bond acceptors (Lipinski definition) is 5. The Labute approximate surface area is 126 Å². The minimum absolute atomic E-state index is 0.168. The molecular formula is C15H16N4OS. The van der Waals surface area contributed by atoms with Crippen LogP contribution in [0.3, 0.4) is 0 Å². The third kappa shape index (κ3) is 2.95. The summed E-state index contributed by atoms with van der Waals surface area (Å²) in [5, 5.41) is 3.80. The highest BCUT2D eigenvalue weighted by Gasteiger charge is 2.17. The third-order valence-electron chi connectivity index (χ3n) is 3.03. The van der Waals surface area contributed by atoms with Gasteiger partial charge in [-0.3, -0.25) is 9.78 Å². The lowest BCUT2D eigenvalue weighted by Gasteiger charge is -2.17. The van der Waals surface area contributed by atoms with Gasteiger partial charge in [-0.25, -0.2) is 9.97 Å². The van der Waals surface area contributed by atoms with Gasteiger partial charge in [-0.2, -0.15) is 0 Å². The van der Waals surface area contributed by atoms with Gasteiger partial charge in [0, 0.05) is 11.5 Å². The van der Waals surface area contributed by atoms with E-state index in [4.69, 9.17) is 0 Å². The molecule has 3 aromatic rings. The molecule has 3 rings (SSSR count). The Morgan fingerprint density at radius 1 is 1.19 bits per heavy atom. The SMILES string of the molecule is CC(C)(C)c1cc(=O)[nH]c(Nc2nc3ccccc3s2)n1. The van der Waals surface area contributed by atoms with Crippen LogP contribution in [0.4, 0.5) is 11.1 Å². The lowest BCUT2D eigenvalue weighted by atomic mass is 9.92. The van der Waals surface area contributed by atoms with Gasteiger partial charge in [0.2, 0.25) is 5.95 Å². The van der Waals surface area contributed by atoms with Crippen LogP contribution in [0.2, 0.25) is 0 Å². The maximum Gasteiger partial charge on any atom is 0.252 e. The number of fused-ring (bicyclic) bond motifs is 1. The minimum atomic E-state index is -0.182. The number of anilines is 2. The van der Waals surface area contributed by atoms with E-state index in [-0.39, 0.29) is 11.0 Å². The van der Waals surface area contributed by atoms with Gasteiger partial charge in [0.15, 0.2) is 5.13 Å². The van der Waals surface area contributed by atoms with Crippen molar-refractivity contribution in [2.24, 2.45) is 0 Å². The van der Waals surface area contributed by atoms with Gasteiger partial charge in [-0.15, -0.1) is 0 Å². The van der Waals surface area contributed by atoms with Crippen molar-refractivity contribution in [1.29, 1.82) is 0 Å². The van der Waals surface area contributed by atoms with E-state index in [2.05, 4.69) is 20.3 Å². The molecule has 0 saturated carbocycles. The van der Waals surface area contributed by atoms with E-state index in [0.29, 0.717) is 11.1 Å². The van der Waals surface area contributed by atoms with Crippen LogP contribution in [-0.4, -0.2) is 15.0 Å². The van der Waals surface area contributed by atoms with Gasteiger partial charge in [0.05, 0.1) is 15.9 Å². The molecule has 108 valence electrons. The molecule has 0 aliphatic carbocycles. The number of aromatic amines is 1. The Kier molecular flexibility index (Phi) is 3.25. The summed E-state index contributed by atoms with van der Waals surface area (Å²) < 4.78 is 1.09. The van der Waals surface area contributed by atoms with E-state index < -0.39 is 0 Å². The van der Waals surface area contributed by atoms with Gasteiger partial charge in [0.1, 0.15) is 0 Å². The normalized spacial score (nSPS) is 11.8. The van der Waals surface area contributed by atoms with Gasteiger partial charge in [0.25, 0.3) is 5.56 Å². The summed E-state index contributed by atoms with van der Waals surface area (Å²) >= 11 is 1.53. The molecular weight excluding hydrogens is 284 g/mol. The average molecular weight is 300 g/mol. The molecule has 2 aromatic heterocycles. The van der Waals surface area contributed by atoms with Gasteiger partial charge < -0.3 is 5.32 Å². The fourth-order valence-corrected chi connectivity index (χ4v) is 2.79. The summed E-state index contributed by atoms with van der Waals surface area (Å²) in [6.07, 6.45) is 0. The predicted octanol–water partition coefficient (Wildman–Crippen LogP) is 3.42. The van der Waals surface area contributed by atoms with E-state index in [9.17, 15) is 4.79 Å². The molecule has 0 fully saturated rings. The smallest absolute Gasteiger partial charge is 0.252 e. The van der Waals surface area contributed by atoms with Crippen molar-refractivity contribution in [2.45, 2.75) is 26.2 Å². The van der Waals surface area contributed by atoms with E-state index in [0.717, 1.165) is 15.9 Å². The van der Waals surface area contributed by atoms with Crippen LogP contribution in [0.5, 0.6) is 0 Å². The van der Waals surface area contributed by atoms with E-state index in [1.54, 1.807) is 0 Å². The van der Waals surface area contributed by atoms with Crippen molar-refractivity contribution in [3.05, 3.63) is 46.4 Å². The summed E-state index contributed by atoms with van der Waals surface area (Å²) in [5.74, 6) is 0.423. The van der Waals surface area contributed by atoms with E-state index in [1.807, 2.05) is 45.0 Å². The average Bonchev–Trinajstić information content (AvgIpc) is 2.79. The highest BCUT2D eigenvalue weighted by molar-refractivity contribution is 7.22. The highest BCUT2D eigenvalue weighted by Crippen LogP contribution is 2.27. The number of nitrogens with one attached hydrogen (secondary N) is 2. The Balaban J connectivity index is 1.97. The van der Waals surface area contributed by atoms with Crippen LogP contribution in [0.15, 0.2) is 35.1 Å². The summed E-state index contributed by atoms with van der Waals surface area (Å²) in [6.45, 7) is 6.07.